The lowest BCUT2D eigenvalue weighted by atomic mass is 10.3. The van der Waals surface area contributed by atoms with Crippen molar-refractivity contribution in [2.45, 2.75) is 6.54 Å². The molecule has 0 unspecified atom stereocenters. The summed E-state index contributed by atoms with van der Waals surface area (Å²) in [4.78, 5) is 7.95. The van der Waals surface area contributed by atoms with Gasteiger partial charge in [0.2, 0.25) is 0 Å². The number of oxazole rings is 1. The summed E-state index contributed by atoms with van der Waals surface area (Å²) >= 11 is 5.53. The molecule has 0 spiro atoms. The minimum absolute atomic E-state index is 0.103. The topological polar surface area (TPSA) is 64.9 Å². The highest BCUT2D eigenvalue weighted by molar-refractivity contribution is 6.28. The summed E-state index contributed by atoms with van der Waals surface area (Å²) in [6, 6.07) is 3.53. The third kappa shape index (κ3) is 1.15. The van der Waals surface area contributed by atoms with Crippen molar-refractivity contribution in [3.63, 3.8) is 0 Å². The van der Waals surface area contributed by atoms with E-state index in [4.69, 9.17) is 21.8 Å². The number of pyridine rings is 1. The predicted octanol–water partition coefficient (Wildman–Crippen LogP) is 1.33. The summed E-state index contributed by atoms with van der Waals surface area (Å²) in [5, 5.41) is 0.103. The monoisotopic (exact) mass is 183 g/mol. The zero-order valence-corrected chi connectivity index (χ0v) is 6.88. The molecule has 0 aliphatic heterocycles. The van der Waals surface area contributed by atoms with Crippen molar-refractivity contribution in [1.82, 2.24) is 9.97 Å². The summed E-state index contributed by atoms with van der Waals surface area (Å²) < 4.78 is 5.02. The van der Waals surface area contributed by atoms with Crippen molar-refractivity contribution in [2.75, 3.05) is 0 Å². The van der Waals surface area contributed by atoms with Crippen LogP contribution in [0.5, 0.6) is 0 Å². The standard InChI is InChI=1S/C7H6ClN3O/c8-7-11-6-5(12-7)2-1-4(3-9)10-6/h1-2H,3,9H2. The van der Waals surface area contributed by atoms with Crippen LogP contribution in [0.2, 0.25) is 5.35 Å². The zero-order valence-electron chi connectivity index (χ0n) is 6.12. The van der Waals surface area contributed by atoms with Gasteiger partial charge in [-0.25, -0.2) is 4.98 Å². The van der Waals surface area contributed by atoms with Crippen molar-refractivity contribution in [3.8, 4) is 0 Å². The minimum atomic E-state index is 0.103. The smallest absolute Gasteiger partial charge is 0.294 e. The number of fused-ring (bicyclic) bond motifs is 1. The molecule has 12 heavy (non-hydrogen) atoms. The Morgan fingerprint density at radius 1 is 1.42 bits per heavy atom. The van der Waals surface area contributed by atoms with Crippen molar-refractivity contribution in [2.24, 2.45) is 5.73 Å². The summed E-state index contributed by atoms with van der Waals surface area (Å²) in [6.07, 6.45) is 0. The molecule has 2 aromatic heterocycles. The SMILES string of the molecule is NCc1ccc2oc(Cl)nc2n1. The van der Waals surface area contributed by atoms with Crippen molar-refractivity contribution in [3.05, 3.63) is 23.2 Å². The number of halogens is 1. The van der Waals surface area contributed by atoms with E-state index in [1.54, 1.807) is 12.1 Å². The Morgan fingerprint density at radius 2 is 2.25 bits per heavy atom. The second kappa shape index (κ2) is 2.73. The van der Waals surface area contributed by atoms with Crippen LogP contribution in [0.15, 0.2) is 16.5 Å². The van der Waals surface area contributed by atoms with Crippen LogP contribution in [0.25, 0.3) is 11.2 Å². The van der Waals surface area contributed by atoms with Gasteiger partial charge in [-0.3, -0.25) is 0 Å². The number of hydrogen-bond acceptors (Lipinski definition) is 4. The molecule has 2 aromatic rings. The fourth-order valence-corrected chi connectivity index (χ4v) is 1.11. The number of hydrogen-bond donors (Lipinski definition) is 1. The Kier molecular flexibility index (Phi) is 1.71. The van der Waals surface area contributed by atoms with E-state index in [-0.39, 0.29) is 5.35 Å². The third-order valence-electron chi connectivity index (χ3n) is 1.49. The van der Waals surface area contributed by atoms with E-state index in [0.29, 0.717) is 17.8 Å². The minimum Gasteiger partial charge on any atom is -0.426 e. The molecule has 0 radical (unpaired) electrons. The lowest BCUT2D eigenvalue weighted by Crippen LogP contribution is -1.98. The van der Waals surface area contributed by atoms with Crippen molar-refractivity contribution < 1.29 is 4.42 Å². The predicted molar refractivity (Wildman–Crippen MR) is 44.7 cm³/mol. The first-order valence-corrected chi connectivity index (χ1v) is 3.79. The van der Waals surface area contributed by atoms with Gasteiger partial charge in [0.05, 0.1) is 5.69 Å². The van der Waals surface area contributed by atoms with Gasteiger partial charge in [0.1, 0.15) is 0 Å². The lowest BCUT2D eigenvalue weighted by Gasteiger charge is -1.91. The maximum Gasteiger partial charge on any atom is 0.294 e. The van der Waals surface area contributed by atoms with E-state index in [0.717, 1.165) is 5.69 Å². The van der Waals surface area contributed by atoms with E-state index >= 15 is 0 Å². The lowest BCUT2D eigenvalue weighted by molar-refractivity contribution is 0.604. The molecule has 0 aliphatic rings. The van der Waals surface area contributed by atoms with Gasteiger partial charge in [-0.05, 0) is 23.7 Å². The highest BCUT2D eigenvalue weighted by Crippen LogP contribution is 2.16. The number of nitrogens with zero attached hydrogens (tertiary/aromatic N) is 2. The molecule has 0 bridgehead atoms. The fourth-order valence-electron chi connectivity index (χ4n) is 0.945. The quantitative estimate of drug-likeness (QED) is 0.725. The molecule has 2 heterocycles. The molecule has 0 amide bonds. The first-order chi connectivity index (χ1) is 5.79. The van der Waals surface area contributed by atoms with Gasteiger partial charge in [0.25, 0.3) is 5.35 Å². The van der Waals surface area contributed by atoms with Gasteiger partial charge >= 0.3 is 0 Å². The van der Waals surface area contributed by atoms with Gasteiger partial charge < -0.3 is 10.2 Å². The van der Waals surface area contributed by atoms with Crippen molar-refractivity contribution >= 4 is 22.8 Å². The highest BCUT2D eigenvalue weighted by atomic mass is 35.5. The van der Waals surface area contributed by atoms with Crippen LogP contribution in [-0.4, -0.2) is 9.97 Å². The van der Waals surface area contributed by atoms with Crippen molar-refractivity contribution in [1.29, 1.82) is 0 Å². The Morgan fingerprint density at radius 3 is 3.00 bits per heavy atom. The van der Waals surface area contributed by atoms with Gasteiger partial charge in [-0.1, -0.05) is 0 Å². The van der Waals surface area contributed by atoms with E-state index in [1.807, 2.05) is 0 Å². The Hall–Kier alpha value is -1.13. The van der Waals surface area contributed by atoms with E-state index in [1.165, 1.54) is 0 Å². The molecule has 4 nitrogen and oxygen atoms in total. The molecule has 0 fully saturated rings. The summed E-state index contributed by atoms with van der Waals surface area (Å²) in [6.45, 7) is 0.389. The molecule has 2 rings (SSSR count). The average molecular weight is 184 g/mol. The molecule has 0 atom stereocenters. The van der Waals surface area contributed by atoms with Gasteiger partial charge in [-0.2, -0.15) is 4.98 Å². The summed E-state index contributed by atoms with van der Waals surface area (Å²) in [7, 11) is 0. The van der Waals surface area contributed by atoms with E-state index in [2.05, 4.69) is 9.97 Å². The molecule has 0 saturated carbocycles. The first kappa shape index (κ1) is 7.52. The Bertz CT molecular complexity index is 412. The molecular weight excluding hydrogens is 178 g/mol. The molecule has 62 valence electrons. The average Bonchev–Trinajstić information content (AvgIpc) is 2.43. The summed E-state index contributed by atoms with van der Waals surface area (Å²) in [5.74, 6) is 0. The second-order valence-corrected chi connectivity index (χ2v) is 2.62. The van der Waals surface area contributed by atoms with Crippen LogP contribution < -0.4 is 5.73 Å². The van der Waals surface area contributed by atoms with Crippen LogP contribution in [-0.2, 0) is 6.54 Å². The molecule has 0 aliphatic carbocycles. The van der Waals surface area contributed by atoms with Crippen LogP contribution in [0.3, 0.4) is 0 Å². The van der Waals surface area contributed by atoms with Crippen LogP contribution in [0.1, 0.15) is 5.69 Å². The number of rotatable bonds is 1. The summed E-state index contributed by atoms with van der Waals surface area (Å²) in [5.41, 5.74) is 7.25. The number of nitrogens with two attached hydrogens (primary N) is 1. The van der Waals surface area contributed by atoms with Crippen LogP contribution >= 0.6 is 11.6 Å². The van der Waals surface area contributed by atoms with E-state index < -0.39 is 0 Å². The fraction of sp³-hybridized carbons (Fsp3) is 0.143. The number of aromatic nitrogens is 2. The Balaban J connectivity index is 2.66. The molecule has 2 N–H and O–H groups in total. The first-order valence-electron chi connectivity index (χ1n) is 3.41. The largest absolute Gasteiger partial charge is 0.426 e. The normalized spacial score (nSPS) is 10.8. The highest BCUT2D eigenvalue weighted by Gasteiger charge is 2.04. The molecule has 5 heteroatoms. The molecule has 0 saturated heterocycles. The zero-order chi connectivity index (χ0) is 8.55. The van der Waals surface area contributed by atoms with Crippen LogP contribution in [0, 0.1) is 0 Å². The maximum atomic E-state index is 5.53. The second-order valence-electron chi connectivity index (χ2n) is 2.30. The third-order valence-corrected chi connectivity index (χ3v) is 1.66. The Labute approximate surface area is 73.4 Å². The molecule has 0 aromatic carbocycles. The van der Waals surface area contributed by atoms with E-state index in [9.17, 15) is 0 Å². The molecular formula is C7H6ClN3O. The van der Waals surface area contributed by atoms with Gasteiger partial charge in [0.15, 0.2) is 11.2 Å². The van der Waals surface area contributed by atoms with Gasteiger partial charge in [0, 0.05) is 6.54 Å². The maximum absolute atomic E-state index is 5.53. The van der Waals surface area contributed by atoms with Gasteiger partial charge in [-0.15, -0.1) is 0 Å². The van der Waals surface area contributed by atoms with Crippen LogP contribution in [0.4, 0.5) is 0 Å².